The van der Waals surface area contributed by atoms with Crippen LogP contribution in [-0.4, -0.2) is 25.4 Å². The summed E-state index contributed by atoms with van der Waals surface area (Å²) < 4.78 is 55.6. The topological polar surface area (TPSA) is 77.1 Å². The maximum atomic E-state index is 14.0. The van der Waals surface area contributed by atoms with E-state index in [-0.39, 0.29) is 24.3 Å². The third-order valence-electron chi connectivity index (χ3n) is 5.29. The normalized spacial score (nSPS) is 11.8. The summed E-state index contributed by atoms with van der Waals surface area (Å²) in [4.78, 5) is 23.7. The molecule has 0 aliphatic heterocycles. The van der Waals surface area contributed by atoms with Crippen molar-refractivity contribution in [3.8, 4) is 11.3 Å². The monoisotopic (exact) mass is 459 g/mol. The molecular formula is C23H17F4N3O3. The first-order valence-corrected chi connectivity index (χ1v) is 9.79. The van der Waals surface area contributed by atoms with Crippen molar-refractivity contribution in [3.05, 3.63) is 87.6 Å². The van der Waals surface area contributed by atoms with E-state index in [1.165, 1.54) is 47.0 Å². The minimum atomic E-state index is -4.52. The Morgan fingerprint density at radius 1 is 1.09 bits per heavy atom. The summed E-state index contributed by atoms with van der Waals surface area (Å²) in [5.74, 6) is -1.62. The predicted octanol–water partition coefficient (Wildman–Crippen LogP) is 4.46. The van der Waals surface area contributed by atoms with Gasteiger partial charge in [-0.3, -0.25) is 9.59 Å². The fourth-order valence-corrected chi connectivity index (χ4v) is 3.83. The number of carboxylic acid groups (broad SMARTS) is 1. The quantitative estimate of drug-likeness (QED) is 0.447. The number of nitrogens with zero attached hydrogens (tertiary/aromatic N) is 3. The first-order chi connectivity index (χ1) is 15.5. The van der Waals surface area contributed by atoms with Crippen molar-refractivity contribution in [1.82, 2.24) is 14.3 Å². The Morgan fingerprint density at radius 3 is 2.55 bits per heavy atom. The van der Waals surface area contributed by atoms with Crippen LogP contribution in [0, 0.1) is 12.7 Å². The molecule has 2 aromatic carbocycles. The van der Waals surface area contributed by atoms with Gasteiger partial charge in [0.1, 0.15) is 12.4 Å². The van der Waals surface area contributed by atoms with Gasteiger partial charge in [-0.15, -0.1) is 0 Å². The van der Waals surface area contributed by atoms with E-state index < -0.39 is 29.1 Å². The Bertz CT molecular complexity index is 1440. The number of benzene rings is 2. The van der Waals surface area contributed by atoms with Crippen LogP contribution in [0.2, 0.25) is 0 Å². The number of carbonyl (C=O) groups is 1. The smallest absolute Gasteiger partial charge is 0.416 e. The molecule has 0 spiro atoms. The largest absolute Gasteiger partial charge is 0.480 e. The van der Waals surface area contributed by atoms with Crippen molar-refractivity contribution in [2.24, 2.45) is 0 Å². The second-order valence-electron chi connectivity index (χ2n) is 7.51. The number of hydrogen-bond donors (Lipinski definition) is 1. The molecule has 0 atom stereocenters. The Balaban J connectivity index is 1.83. The van der Waals surface area contributed by atoms with E-state index in [4.69, 9.17) is 0 Å². The Hall–Kier alpha value is -3.95. The van der Waals surface area contributed by atoms with Crippen LogP contribution in [-0.2, 0) is 24.1 Å². The second kappa shape index (κ2) is 8.19. The van der Waals surface area contributed by atoms with Gasteiger partial charge < -0.3 is 9.67 Å². The van der Waals surface area contributed by atoms with Gasteiger partial charge in [0.25, 0.3) is 5.56 Å². The molecule has 2 heterocycles. The van der Waals surface area contributed by atoms with Crippen molar-refractivity contribution in [2.75, 3.05) is 0 Å². The lowest BCUT2D eigenvalue weighted by molar-refractivity contribution is -0.138. The number of carboxylic acids is 1. The van der Waals surface area contributed by atoms with Crippen molar-refractivity contribution in [2.45, 2.75) is 26.2 Å². The lowest BCUT2D eigenvalue weighted by Gasteiger charge is -2.11. The summed E-state index contributed by atoms with van der Waals surface area (Å²) >= 11 is 0. The first kappa shape index (κ1) is 22.3. The molecule has 0 saturated carbocycles. The van der Waals surface area contributed by atoms with Gasteiger partial charge in [-0.25, -0.2) is 9.07 Å². The zero-order chi connectivity index (χ0) is 23.9. The molecule has 170 valence electrons. The summed E-state index contributed by atoms with van der Waals surface area (Å²) in [5, 5.41) is 14.0. The Morgan fingerprint density at radius 2 is 1.85 bits per heavy atom. The second-order valence-corrected chi connectivity index (χ2v) is 7.51. The van der Waals surface area contributed by atoms with E-state index >= 15 is 0 Å². The lowest BCUT2D eigenvalue weighted by atomic mass is 10.1. The Labute approximate surface area is 184 Å². The van der Waals surface area contributed by atoms with Crippen molar-refractivity contribution in [1.29, 1.82) is 0 Å². The van der Waals surface area contributed by atoms with Crippen LogP contribution in [0.5, 0.6) is 0 Å². The van der Waals surface area contributed by atoms with Crippen molar-refractivity contribution < 1.29 is 27.5 Å². The molecule has 0 amide bonds. The van der Waals surface area contributed by atoms with Crippen molar-refractivity contribution >= 4 is 16.9 Å². The van der Waals surface area contributed by atoms with Crippen LogP contribution in [0.4, 0.5) is 17.6 Å². The average molecular weight is 459 g/mol. The molecule has 2 aromatic heterocycles. The number of aromatic nitrogens is 3. The highest BCUT2D eigenvalue weighted by Gasteiger charge is 2.30. The fraction of sp³-hybridized carbons (Fsp3) is 0.174. The lowest BCUT2D eigenvalue weighted by Crippen LogP contribution is -2.23. The highest BCUT2D eigenvalue weighted by atomic mass is 19.4. The first-order valence-electron chi connectivity index (χ1n) is 9.79. The molecular weight excluding hydrogens is 442 g/mol. The Kier molecular flexibility index (Phi) is 5.52. The van der Waals surface area contributed by atoms with Crippen LogP contribution in [0.25, 0.3) is 22.2 Å². The number of aliphatic carboxylic acids is 1. The minimum Gasteiger partial charge on any atom is -0.480 e. The number of rotatable bonds is 5. The highest BCUT2D eigenvalue weighted by Crippen LogP contribution is 2.34. The third-order valence-corrected chi connectivity index (χ3v) is 5.29. The number of alkyl halides is 3. The molecule has 0 radical (unpaired) electrons. The highest BCUT2D eigenvalue weighted by molar-refractivity contribution is 5.97. The zero-order valence-corrected chi connectivity index (χ0v) is 17.2. The van der Waals surface area contributed by atoms with Crippen LogP contribution >= 0.6 is 0 Å². The van der Waals surface area contributed by atoms with E-state index in [2.05, 4.69) is 5.10 Å². The van der Waals surface area contributed by atoms with Gasteiger partial charge in [0, 0.05) is 28.2 Å². The van der Waals surface area contributed by atoms with Crippen LogP contribution in [0.1, 0.15) is 16.8 Å². The zero-order valence-electron chi connectivity index (χ0n) is 17.2. The van der Waals surface area contributed by atoms with Gasteiger partial charge in [0.05, 0.1) is 17.8 Å². The van der Waals surface area contributed by atoms with Gasteiger partial charge in [-0.05, 0) is 48.9 Å². The number of halogens is 4. The maximum Gasteiger partial charge on any atom is 0.416 e. The molecule has 4 aromatic rings. The predicted molar refractivity (Wildman–Crippen MR) is 112 cm³/mol. The molecule has 33 heavy (non-hydrogen) atoms. The molecule has 10 heteroatoms. The molecule has 0 fully saturated rings. The third kappa shape index (κ3) is 4.36. The van der Waals surface area contributed by atoms with Crippen LogP contribution in [0.15, 0.2) is 59.4 Å². The molecule has 4 rings (SSSR count). The number of fused-ring (bicyclic) bond motifs is 1. The minimum absolute atomic E-state index is 0.211. The molecule has 0 bridgehead atoms. The van der Waals surface area contributed by atoms with Crippen LogP contribution < -0.4 is 5.56 Å². The van der Waals surface area contributed by atoms with Gasteiger partial charge in [-0.2, -0.15) is 18.3 Å². The summed E-state index contributed by atoms with van der Waals surface area (Å²) in [6, 6.07) is 11.1. The summed E-state index contributed by atoms with van der Waals surface area (Å²) in [7, 11) is 0. The molecule has 0 saturated heterocycles. The maximum absolute atomic E-state index is 14.0. The van der Waals surface area contributed by atoms with E-state index in [1.54, 1.807) is 6.92 Å². The summed E-state index contributed by atoms with van der Waals surface area (Å²) in [6.45, 7) is 1.08. The molecule has 0 aliphatic carbocycles. The standard InChI is InChI=1S/C23H17F4N3O3/c1-13-22(17-10-16(24)5-7-19(17)29(13)12-21(32)33)18-6-8-20(31)30(28-18)11-14-3-2-4-15(9-14)23(25,26)27/h2-10H,11-12H2,1H3,(H,32,33). The van der Waals surface area contributed by atoms with E-state index in [1.807, 2.05) is 0 Å². The van der Waals surface area contributed by atoms with E-state index in [0.29, 0.717) is 22.2 Å². The van der Waals surface area contributed by atoms with Gasteiger partial charge >= 0.3 is 12.1 Å². The van der Waals surface area contributed by atoms with Gasteiger partial charge in [0.15, 0.2) is 0 Å². The fourth-order valence-electron chi connectivity index (χ4n) is 3.83. The van der Waals surface area contributed by atoms with Gasteiger partial charge in [0.2, 0.25) is 0 Å². The van der Waals surface area contributed by atoms with Crippen molar-refractivity contribution in [3.63, 3.8) is 0 Å². The molecule has 1 N–H and O–H groups in total. The summed E-state index contributed by atoms with van der Waals surface area (Å²) in [5.41, 5.74) is 0.523. The van der Waals surface area contributed by atoms with E-state index in [0.717, 1.165) is 16.8 Å². The molecule has 6 nitrogen and oxygen atoms in total. The summed E-state index contributed by atoms with van der Waals surface area (Å²) in [6.07, 6.45) is -4.52. The van der Waals surface area contributed by atoms with Gasteiger partial charge in [-0.1, -0.05) is 12.1 Å². The van der Waals surface area contributed by atoms with E-state index in [9.17, 15) is 32.3 Å². The molecule has 0 aliphatic rings. The number of hydrogen-bond acceptors (Lipinski definition) is 3. The average Bonchev–Trinajstić information content (AvgIpc) is 2.99. The SMILES string of the molecule is Cc1c(-c2ccc(=O)n(Cc3cccc(C(F)(F)F)c3)n2)c2cc(F)ccc2n1CC(=O)O. The van der Waals surface area contributed by atoms with Crippen LogP contribution in [0.3, 0.4) is 0 Å². The molecule has 0 unspecified atom stereocenters.